The zero-order valence-corrected chi connectivity index (χ0v) is 12.2. The first-order valence-electron chi connectivity index (χ1n) is 7.37. The lowest BCUT2D eigenvalue weighted by Gasteiger charge is -2.41. The Morgan fingerprint density at radius 3 is 2.76 bits per heavy atom. The normalized spacial score (nSPS) is 16.2. The number of amides is 1. The Bertz CT molecular complexity index is 652. The predicted octanol–water partition coefficient (Wildman–Crippen LogP) is 2.52. The number of nitrogens with one attached hydrogen (secondary N) is 1. The highest BCUT2D eigenvalue weighted by Crippen LogP contribution is 2.34. The minimum atomic E-state index is -0.107. The maximum absolute atomic E-state index is 12.3. The largest absolute Gasteiger partial charge is 0.397 e. The Hall–Kier alpha value is -2.30. The summed E-state index contributed by atoms with van der Waals surface area (Å²) in [6.07, 6.45) is 6.03. The highest BCUT2D eigenvalue weighted by atomic mass is 16.2. The summed E-state index contributed by atoms with van der Waals surface area (Å²) in [5.41, 5.74) is 7.76. The monoisotopic (exact) mass is 284 g/mol. The second-order valence-corrected chi connectivity index (χ2v) is 5.65. The molecule has 1 amide bonds. The molecule has 1 saturated carbocycles. The van der Waals surface area contributed by atoms with Crippen LogP contribution in [-0.4, -0.2) is 21.2 Å². The molecule has 0 aliphatic heterocycles. The highest BCUT2D eigenvalue weighted by molar-refractivity contribution is 5.92. The molecule has 0 atom stereocenters. The number of anilines is 1. The van der Waals surface area contributed by atoms with Crippen molar-refractivity contribution < 1.29 is 4.79 Å². The van der Waals surface area contributed by atoms with Crippen LogP contribution in [0.25, 0.3) is 5.69 Å². The number of hydrogen-bond donors (Lipinski definition) is 2. The van der Waals surface area contributed by atoms with Crippen molar-refractivity contribution in [3.8, 4) is 5.69 Å². The number of para-hydroxylation sites is 2. The lowest BCUT2D eigenvalue weighted by molar-refractivity contribution is 0.0815. The molecule has 5 nitrogen and oxygen atoms in total. The molecule has 1 aliphatic carbocycles. The van der Waals surface area contributed by atoms with Gasteiger partial charge in [0.25, 0.3) is 5.91 Å². The van der Waals surface area contributed by atoms with Crippen LogP contribution in [0.4, 0.5) is 5.69 Å². The molecule has 0 unspecified atom stereocenters. The van der Waals surface area contributed by atoms with Gasteiger partial charge in [-0.2, -0.15) is 5.10 Å². The summed E-state index contributed by atoms with van der Waals surface area (Å²) in [5, 5.41) is 7.47. The third-order valence-corrected chi connectivity index (χ3v) is 4.37. The number of nitrogens with two attached hydrogens (primary N) is 1. The average molecular weight is 284 g/mol. The number of rotatable bonds is 4. The third-order valence-electron chi connectivity index (χ3n) is 4.37. The second-order valence-electron chi connectivity index (χ2n) is 5.65. The van der Waals surface area contributed by atoms with E-state index in [4.69, 9.17) is 5.73 Å². The molecular formula is C16H20N4O. The quantitative estimate of drug-likeness (QED) is 0.847. The minimum absolute atomic E-state index is 0.0212. The van der Waals surface area contributed by atoms with Gasteiger partial charge in [0.05, 0.1) is 11.4 Å². The van der Waals surface area contributed by atoms with Crippen LogP contribution in [0.3, 0.4) is 0 Å². The van der Waals surface area contributed by atoms with Gasteiger partial charge in [0, 0.05) is 11.7 Å². The smallest absolute Gasteiger partial charge is 0.272 e. The van der Waals surface area contributed by atoms with E-state index in [-0.39, 0.29) is 11.4 Å². The van der Waals surface area contributed by atoms with E-state index < -0.39 is 0 Å². The number of nitrogen functional groups attached to an aromatic ring is 1. The van der Waals surface area contributed by atoms with Gasteiger partial charge in [-0.15, -0.1) is 0 Å². The minimum Gasteiger partial charge on any atom is -0.397 e. The van der Waals surface area contributed by atoms with Gasteiger partial charge in [-0.05, 0) is 43.9 Å². The average Bonchev–Trinajstić information content (AvgIpc) is 2.93. The van der Waals surface area contributed by atoms with Gasteiger partial charge in [0.1, 0.15) is 0 Å². The lowest BCUT2D eigenvalue weighted by atomic mass is 9.75. The Labute approximate surface area is 124 Å². The Morgan fingerprint density at radius 1 is 1.38 bits per heavy atom. The molecule has 0 saturated heterocycles. The fraction of sp³-hybridized carbons (Fsp3) is 0.375. The molecule has 5 heteroatoms. The van der Waals surface area contributed by atoms with Crippen LogP contribution in [0.1, 0.15) is 43.1 Å². The van der Waals surface area contributed by atoms with Crippen LogP contribution in [0.15, 0.2) is 36.5 Å². The number of hydrogen-bond acceptors (Lipinski definition) is 3. The molecule has 0 spiro atoms. The zero-order valence-electron chi connectivity index (χ0n) is 12.2. The van der Waals surface area contributed by atoms with E-state index in [1.165, 1.54) is 6.42 Å². The van der Waals surface area contributed by atoms with Crippen molar-refractivity contribution in [2.45, 2.75) is 38.1 Å². The van der Waals surface area contributed by atoms with E-state index in [9.17, 15) is 4.79 Å². The van der Waals surface area contributed by atoms with Crippen LogP contribution < -0.4 is 11.1 Å². The van der Waals surface area contributed by atoms with Gasteiger partial charge in [-0.25, -0.2) is 4.68 Å². The first-order valence-corrected chi connectivity index (χ1v) is 7.37. The molecule has 1 heterocycles. The van der Waals surface area contributed by atoms with Crippen LogP contribution in [0.2, 0.25) is 0 Å². The van der Waals surface area contributed by atoms with E-state index in [0.29, 0.717) is 11.4 Å². The van der Waals surface area contributed by atoms with Gasteiger partial charge in [0.15, 0.2) is 5.69 Å². The molecule has 1 fully saturated rings. The SMILES string of the molecule is CCC1(NC(=O)c2ccn(-c3ccccc3N)n2)CCC1. The van der Waals surface area contributed by atoms with Gasteiger partial charge in [-0.3, -0.25) is 4.79 Å². The van der Waals surface area contributed by atoms with Gasteiger partial charge >= 0.3 is 0 Å². The fourth-order valence-corrected chi connectivity index (χ4v) is 2.75. The highest BCUT2D eigenvalue weighted by Gasteiger charge is 2.36. The summed E-state index contributed by atoms with van der Waals surface area (Å²) in [6.45, 7) is 2.11. The Kier molecular flexibility index (Phi) is 3.41. The zero-order chi connectivity index (χ0) is 14.9. The number of aromatic nitrogens is 2. The molecular weight excluding hydrogens is 264 g/mol. The summed E-state index contributed by atoms with van der Waals surface area (Å²) in [4.78, 5) is 12.3. The van der Waals surface area contributed by atoms with E-state index in [2.05, 4.69) is 17.3 Å². The summed E-state index contributed by atoms with van der Waals surface area (Å²) in [7, 11) is 0. The van der Waals surface area contributed by atoms with Crippen molar-refractivity contribution in [1.82, 2.24) is 15.1 Å². The Morgan fingerprint density at radius 2 is 2.14 bits per heavy atom. The summed E-state index contributed by atoms with van der Waals surface area (Å²) in [6, 6.07) is 9.19. The molecule has 1 aromatic carbocycles. The molecule has 2 aromatic rings. The van der Waals surface area contributed by atoms with Crippen molar-refractivity contribution in [3.05, 3.63) is 42.2 Å². The van der Waals surface area contributed by atoms with Crippen LogP contribution in [0, 0.1) is 0 Å². The van der Waals surface area contributed by atoms with Crippen LogP contribution in [0.5, 0.6) is 0 Å². The third kappa shape index (κ3) is 2.51. The molecule has 1 aliphatic rings. The predicted molar refractivity (Wildman–Crippen MR) is 82.3 cm³/mol. The lowest BCUT2D eigenvalue weighted by Crippen LogP contribution is -2.53. The van der Waals surface area contributed by atoms with Crippen molar-refractivity contribution in [2.75, 3.05) is 5.73 Å². The number of nitrogens with zero attached hydrogens (tertiary/aromatic N) is 2. The van der Waals surface area contributed by atoms with Gasteiger partial charge in [0.2, 0.25) is 0 Å². The first kappa shape index (κ1) is 13.7. The van der Waals surface area contributed by atoms with Crippen molar-refractivity contribution in [2.24, 2.45) is 0 Å². The van der Waals surface area contributed by atoms with E-state index in [1.807, 2.05) is 24.3 Å². The van der Waals surface area contributed by atoms with Gasteiger partial charge in [-0.1, -0.05) is 19.1 Å². The van der Waals surface area contributed by atoms with Crippen molar-refractivity contribution in [3.63, 3.8) is 0 Å². The molecule has 1 aromatic heterocycles. The molecule has 0 bridgehead atoms. The van der Waals surface area contributed by atoms with E-state index in [1.54, 1.807) is 16.9 Å². The van der Waals surface area contributed by atoms with Crippen molar-refractivity contribution >= 4 is 11.6 Å². The van der Waals surface area contributed by atoms with Crippen LogP contribution >= 0.6 is 0 Å². The molecule has 21 heavy (non-hydrogen) atoms. The second kappa shape index (κ2) is 5.24. The topological polar surface area (TPSA) is 72.9 Å². The number of carbonyl (C=O) groups excluding carboxylic acids is 1. The maximum atomic E-state index is 12.3. The van der Waals surface area contributed by atoms with E-state index >= 15 is 0 Å². The van der Waals surface area contributed by atoms with E-state index in [0.717, 1.165) is 24.9 Å². The number of benzene rings is 1. The maximum Gasteiger partial charge on any atom is 0.272 e. The summed E-state index contributed by atoms with van der Waals surface area (Å²) in [5.74, 6) is -0.107. The first-order chi connectivity index (χ1) is 10.1. The van der Waals surface area contributed by atoms with Crippen molar-refractivity contribution in [1.29, 1.82) is 0 Å². The Balaban J connectivity index is 1.79. The summed E-state index contributed by atoms with van der Waals surface area (Å²) < 4.78 is 1.64. The van der Waals surface area contributed by atoms with Gasteiger partial charge < -0.3 is 11.1 Å². The number of carbonyl (C=O) groups is 1. The molecule has 3 N–H and O–H groups in total. The fourth-order valence-electron chi connectivity index (χ4n) is 2.75. The summed E-state index contributed by atoms with van der Waals surface area (Å²) >= 11 is 0. The standard InChI is InChI=1S/C16H20N4O/c1-2-16(9-5-10-16)18-15(21)13-8-11-20(19-13)14-7-4-3-6-12(14)17/h3-4,6-8,11H,2,5,9-10,17H2,1H3,(H,18,21). The molecule has 0 radical (unpaired) electrons. The molecule has 110 valence electrons. The molecule has 3 rings (SSSR count). The van der Waals surface area contributed by atoms with Crippen LogP contribution in [-0.2, 0) is 0 Å².